The van der Waals surface area contributed by atoms with Crippen LogP contribution in [-0.4, -0.2) is 42.4 Å². The quantitative estimate of drug-likeness (QED) is 0.410. The van der Waals surface area contributed by atoms with Crippen LogP contribution >= 0.6 is 0 Å². The van der Waals surface area contributed by atoms with Gasteiger partial charge in [-0.15, -0.1) is 0 Å². The summed E-state index contributed by atoms with van der Waals surface area (Å²) in [6.45, 7) is 1.00. The Balaban J connectivity index is 1.32. The lowest BCUT2D eigenvalue weighted by molar-refractivity contribution is -0.120. The van der Waals surface area contributed by atoms with E-state index in [9.17, 15) is 18.0 Å². The smallest absolute Gasteiger partial charge is 0.247 e. The summed E-state index contributed by atoms with van der Waals surface area (Å²) in [4.78, 5) is 31.8. The predicted octanol–water partition coefficient (Wildman–Crippen LogP) is 2.86. The molecular weight excluding hydrogens is 490 g/mol. The molecule has 2 aliphatic heterocycles. The van der Waals surface area contributed by atoms with Gasteiger partial charge in [0.1, 0.15) is 6.04 Å². The molecular formula is C27H25N5O4S. The molecule has 0 saturated heterocycles. The monoisotopic (exact) mass is 515 g/mol. The SMILES string of the molecule is O=C1CCc2cc(S(=O)(=O)N[C@H](Cc3ccccc3)C(=O)N3CCn4c3nc3ccccc34)ccc2N1. The zero-order chi connectivity index (χ0) is 25.6. The number of nitrogens with zero attached hydrogens (tertiary/aromatic N) is 3. The van der Waals surface area contributed by atoms with Crippen molar-refractivity contribution < 1.29 is 18.0 Å². The minimum absolute atomic E-state index is 0.0573. The number of carbonyl (C=O) groups excluding carboxylic acids is 2. The van der Waals surface area contributed by atoms with E-state index >= 15 is 0 Å². The molecule has 0 bridgehead atoms. The molecule has 9 nitrogen and oxygen atoms in total. The van der Waals surface area contributed by atoms with Crippen LogP contribution in [0.15, 0.2) is 77.7 Å². The van der Waals surface area contributed by atoms with Crippen molar-refractivity contribution in [3.63, 3.8) is 0 Å². The van der Waals surface area contributed by atoms with Gasteiger partial charge < -0.3 is 9.88 Å². The molecule has 0 saturated carbocycles. The number of sulfonamides is 1. The van der Waals surface area contributed by atoms with E-state index in [0.29, 0.717) is 37.6 Å². The highest BCUT2D eigenvalue weighted by atomic mass is 32.2. The lowest BCUT2D eigenvalue weighted by Gasteiger charge is -2.24. The van der Waals surface area contributed by atoms with Crippen molar-refractivity contribution in [2.45, 2.75) is 36.7 Å². The van der Waals surface area contributed by atoms with Crippen LogP contribution in [0.1, 0.15) is 17.5 Å². The lowest BCUT2D eigenvalue weighted by atomic mass is 10.0. The fourth-order valence-electron chi connectivity index (χ4n) is 5.00. The molecule has 3 aromatic carbocycles. The third-order valence-electron chi connectivity index (χ3n) is 6.85. The Morgan fingerprint density at radius 3 is 2.62 bits per heavy atom. The molecule has 3 heterocycles. The van der Waals surface area contributed by atoms with Crippen LogP contribution in [0.5, 0.6) is 0 Å². The van der Waals surface area contributed by atoms with Crippen molar-refractivity contribution in [1.29, 1.82) is 0 Å². The molecule has 0 radical (unpaired) electrons. The number of rotatable bonds is 6. The fraction of sp³-hybridized carbons (Fsp3) is 0.222. The number of nitrogens with one attached hydrogen (secondary N) is 2. The van der Waals surface area contributed by atoms with Gasteiger partial charge in [-0.25, -0.2) is 13.4 Å². The van der Waals surface area contributed by atoms with Crippen molar-refractivity contribution >= 4 is 44.5 Å². The number of hydrogen-bond acceptors (Lipinski definition) is 5. The molecule has 4 aromatic rings. The maximum Gasteiger partial charge on any atom is 0.247 e. The summed E-state index contributed by atoms with van der Waals surface area (Å²) in [5, 5.41) is 2.76. The van der Waals surface area contributed by atoms with Gasteiger partial charge in [-0.1, -0.05) is 42.5 Å². The van der Waals surface area contributed by atoms with Gasteiger partial charge in [-0.05, 0) is 54.3 Å². The number of para-hydroxylation sites is 2. The molecule has 0 fully saturated rings. The van der Waals surface area contributed by atoms with E-state index in [1.165, 1.54) is 6.07 Å². The van der Waals surface area contributed by atoms with Crippen LogP contribution in [-0.2, 0) is 39.0 Å². The summed E-state index contributed by atoms with van der Waals surface area (Å²) in [5.41, 5.74) is 3.93. The fourth-order valence-corrected chi connectivity index (χ4v) is 6.24. The Labute approximate surface area is 214 Å². The number of hydrogen-bond donors (Lipinski definition) is 2. The van der Waals surface area contributed by atoms with E-state index in [-0.39, 0.29) is 23.1 Å². The molecule has 0 aliphatic carbocycles. The summed E-state index contributed by atoms with van der Waals surface area (Å²) in [6.07, 6.45) is 0.951. The average Bonchev–Trinajstić information content (AvgIpc) is 3.47. The van der Waals surface area contributed by atoms with Crippen LogP contribution in [0, 0.1) is 0 Å². The second-order valence-corrected chi connectivity index (χ2v) is 11.0. The first-order valence-corrected chi connectivity index (χ1v) is 13.6. The second kappa shape index (κ2) is 9.13. The Morgan fingerprint density at radius 1 is 1.00 bits per heavy atom. The Kier molecular flexibility index (Phi) is 5.77. The van der Waals surface area contributed by atoms with Gasteiger partial charge in [0.25, 0.3) is 0 Å². The molecule has 188 valence electrons. The van der Waals surface area contributed by atoms with Crippen LogP contribution in [0.2, 0.25) is 0 Å². The van der Waals surface area contributed by atoms with Crippen molar-refractivity contribution in [3.05, 3.63) is 83.9 Å². The van der Waals surface area contributed by atoms with Crippen molar-refractivity contribution in [1.82, 2.24) is 14.3 Å². The number of aromatic nitrogens is 2. The van der Waals surface area contributed by atoms with Gasteiger partial charge in [0.05, 0.1) is 15.9 Å². The molecule has 2 N–H and O–H groups in total. The van der Waals surface area contributed by atoms with Crippen LogP contribution in [0.3, 0.4) is 0 Å². The summed E-state index contributed by atoms with van der Waals surface area (Å²) >= 11 is 0. The zero-order valence-electron chi connectivity index (χ0n) is 19.9. The topological polar surface area (TPSA) is 113 Å². The van der Waals surface area contributed by atoms with Gasteiger partial charge in [0, 0.05) is 25.2 Å². The van der Waals surface area contributed by atoms with Crippen molar-refractivity contribution in [3.8, 4) is 0 Å². The number of anilines is 2. The Bertz CT molecular complexity index is 1630. The van der Waals surface area contributed by atoms with E-state index in [0.717, 1.165) is 22.2 Å². The van der Waals surface area contributed by atoms with E-state index < -0.39 is 16.1 Å². The second-order valence-electron chi connectivity index (χ2n) is 9.27. The van der Waals surface area contributed by atoms with Gasteiger partial charge >= 0.3 is 0 Å². The first kappa shape index (κ1) is 23.4. The third-order valence-corrected chi connectivity index (χ3v) is 8.32. The standard InChI is InChI=1S/C27H25N5O4S/c33-25-13-10-19-17-20(11-12-21(19)28-25)37(35,36)30-23(16-18-6-2-1-3-7-18)26(34)32-15-14-31-24-9-5-4-8-22(24)29-27(31)32/h1-9,11-12,17,23,30H,10,13-16H2,(H,28,33)/t23-/m1/s1. The number of aryl methyl sites for hydroxylation is 1. The molecule has 6 rings (SSSR count). The minimum Gasteiger partial charge on any atom is -0.326 e. The predicted molar refractivity (Wildman–Crippen MR) is 140 cm³/mol. The van der Waals surface area contributed by atoms with Crippen LogP contribution in [0.25, 0.3) is 11.0 Å². The molecule has 0 spiro atoms. The average molecular weight is 516 g/mol. The van der Waals surface area contributed by atoms with E-state index in [1.54, 1.807) is 17.0 Å². The highest BCUT2D eigenvalue weighted by Gasteiger charge is 2.35. The molecule has 37 heavy (non-hydrogen) atoms. The molecule has 0 unspecified atom stereocenters. The lowest BCUT2D eigenvalue weighted by Crippen LogP contribution is -2.49. The summed E-state index contributed by atoms with van der Waals surface area (Å²) in [6, 6.07) is 20.6. The summed E-state index contributed by atoms with van der Waals surface area (Å²) < 4.78 is 31.7. The summed E-state index contributed by atoms with van der Waals surface area (Å²) in [5.74, 6) is 0.0751. The van der Waals surface area contributed by atoms with Crippen LogP contribution in [0.4, 0.5) is 11.6 Å². The first-order valence-electron chi connectivity index (χ1n) is 12.1. The largest absolute Gasteiger partial charge is 0.326 e. The van der Waals surface area contributed by atoms with Gasteiger partial charge in [0.15, 0.2) is 0 Å². The van der Waals surface area contributed by atoms with Gasteiger partial charge in [0.2, 0.25) is 27.8 Å². The normalized spacial score (nSPS) is 15.8. The number of amides is 2. The van der Waals surface area contributed by atoms with Gasteiger partial charge in [-0.2, -0.15) is 4.72 Å². The molecule has 1 atom stereocenters. The highest BCUT2D eigenvalue weighted by molar-refractivity contribution is 7.89. The number of benzene rings is 3. The number of fused-ring (bicyclic) bond motifs is 4. The summed E-state index contributed by atoms with van der Waals surface area (Å²) in [7, 11) is -4.04. The van der Waals surface area contributed by atoms with Gasteiger partial charge in [-0.3, -0.25) is 14.5 Å². The number of carbonyl (C=O) groups is 2. The zero-order valence-corrected chi connectivity index (χ0v) is 20.7. The molecule has 2 amide bonds. The Hall–Kier alpha value is -4.02. The van der Waals surface area contributed by atoms with Crippen LogP contribution < -0.4 is 14.9 Å². The maximum atomic E-state index is 13.9. The molecule has 1 aromatic heterocycles. The van der Waals surface area contributed by atoms with Crippen molar-refractivity contribution in [2.24, 2.45) is 0 Å². The minimum atomic E-state index is -4.04. The van der Waals surface area contributed by atoms with E-state index in [2.05, 4.69) is 15.0 Å². The van der Waals surface area contributed by atoms with Crippen molar-refractivity contribution in [2.75, 3.05) is 16.8 Å². The first-order chi connectivity index (χ1) is 17.9. The highest BCUT2D eigenvalue weighted by Crippen LogP contribution is 2.29. The Morgan fingerprint density at radius 2 is 1.78 bits per heavy atom. The van der Waals surface area contributed by atoms with E-state index in [4.69, 9.17) is 0 Å². The number of imidazole rings is 1. The van der Waals surface area contributed by atoms with E-state index in [1.807, 2.05) is 59.2 Å². The maximum absolute atomic E-state index is 13.9. The third kappa shape index (κ3) is 4.38. The molecule has 10 heteroatoms. The molecule has 2 aliphatic rings.